The van der Waals surface area contributed by atoms with Crippen molar-refractivity contribution in [3.8, 4) is 0 Å². The number of carbonyl (C=O) groups is 1. The standard InChI is InChI=1S/C26H35F2N7O2/c1-15(2)24-32-22(33-34-24)9-8-21(30)19(13-29)23(18-7-6-16(27)12-20(18)28)31-17-10-11-35(14-17)25(36)37-26(3,4)5/h6-9,12-13,15,17,24,29,34H,10-11,14,30H2,1-5H3,(H,32,33)/p+2/b9-8-,21-19+,29-13?,31-23?. The third kappa shape index (κ3) is 7.45. The fourth-order valence-electron chi connectivity index (χ4n) is 3.91. The average Bonchev–Trinajstić information content (AvgIpc) is 3.46. The minimum absolute atomic E-state index is 0.0523. The number of benzene rings is 1. The highest BCUT2D eigenvalue weighted by Gasteiger charge is 2.31. The molecule has 0 radical (unpaired) electrons. The lowest BCUT2D eigenvalue weighted by molar-refractivity contribution is -0.582. The van der Waals surface area contributed by atoms with Crippen molar-refractivity contribution in [2.24, 2.45) is 21.7 Å². The van der Waals surface area contributed by atoms with Crippen LogP contribution in [0, 0.1) is 17.6 Å². The zero-order valence-corrected chi connectivity index (χ0v) is 22.0. The lowest BCUT2D eigenvalue weighted by Gasteiger charge is -2.24. The van der Waals surface area contributed by atoms with Gasteiger partial charge in [0.2, 0.25) is 5.84 Å². The Balaban J connectivity index is 1.93. The summed E-state index contributed by atoms with van der Waals surface area (Å²) in [7, 11) is 0. The van der Waals surface area contributed by atoms with Gasteiger partial charge in [0.05, 0.1) is 17.3 Å². The number of nitrogens with one attached hydrogen (secondary N) is 1. The summed E-state index contributed by atoms with van der Waals surface area (Å²) in [5.74, 6) is -0.445. The van der Waals surface area contributed by atoms with Gasteiger partial charge in [0.1, 0.15) is 17.2 Å². The van der Waals surface area contributed by atoms with E-state index in [-0.39, 0.29) is 41.3 Å². The fourth-order valence-corrected chi connectivity index (χ4v) is 3.91. The Morgan fingerprint density at radius 2 is 2.11 bits per heavy atom. The molecule has 3 rings (SSSR count). The van der Waals surface area contributed by atoms with E-state index in [1.165, 1.54) is 12.3 Å². The van der Waals surface area contributed by atoms with Crippen molar-refractivity contribution in [2.45, 2.75) is 58.8 Å². The predicted octanol–water partition coefficient (Wildman–Crippen LogP) is 0.824. The number of hydrogen-bond acceptors (Lipinski definition) is 6. The van der Waals surface area contributed by atoms with Crippen LogP contribution in [0.5, 0.6) is 0 Å². The topological polar surface area (TPSA) is 135 Å². The molecule has 37 heavy (non-hydrogen) atoms. The molecule has 2 heterocycles. The fraction of sp³-hybridized carbons (Fsp3) is 0.462. The number of ether oxygens (including phenoxy) is 1. The van der Waals surface area contributed by atoms with Gasteiger partial charge in [0, 0.05) is 42.4 Å². The number of hydrazone groups is 1. The molecule has 200 valence electrons. The Morgan fingerprint density at radius 3 is 2.70 bits per heavy atom. The number of amidine groups is 1. The number of allylic oxidation sites excluding steroid dienone is 2. The molecular formula is C26H37F2N7O2+2. The van der Waals surface area contributed by atoms with E-state index in [0.29, 0.717) is 24.7 Å². The smallest absolute Gasteiger partial charge is 0.410 e. The highest BCUT2D eigenvalue weighted by Crippen LogP contribution is 2.22. The number of nitrogens with zero attached hydrogens (tertiary/aromatic N) is 3. The molecule has 11 heteroatoms. The Morgan fingerprint density at radius 1 is 1.38 bits per heavy atom. The molecule has 2 aliphatic heterocycles. The Bertz CT molecular complexity index is 1150. The van der Waals surface area contributed by atoms with Crippen molar-refractivity contribution in [3.63, 3.8) is 0 Å². The first-order valence-electron chi connectivity index (χ1n) is 12.3. The van der Waals surface area contributed by atoms with Gasteiger partial charge in [-0.1, -0.05) is 13.8 Å². The number of likely N-dealkylation sites (tertiary alicyclic amines) is 1. The van der Waals surface area contributed by atoms with E-state index in [0.717, 1.165) is 12.1 Å². The summed E-state index contributed by atoms with van der Waals surface area (Å²) in [5.41, 5.74) is 9.53. The van der Waals surface area contributed by atoms with E-state index in [1.807, 2.05) is 5.32 Å². The third-order valence-corrected chi connectivity index (χ3v) is 5.89. The molecule has 2 unspecified atom stereocenters. The molecule has 0 aromatic heterocycles. The number of quaternary nitrogens is 1. The summed E-state index contributed by atoms with van der Waals surface area (Å²) < 4.78 is 34.0. The summed E-state index contributed by atoms with van der Waals surface area (Å²) in [5, 5.41) is 12.2. The highest BCUT2D eigenvalue weighted by molar-refractivity contribution is 6.24. The van der Waals surface area contributed by atoms with Crippen LogP contribution in [-0.4, -0.2) is 59.7 Å². The molecule has 1 fully saturated rings. The molecule has 1 amide bonds. The molecule has 7 N–H and O–H groups in total. The van der Waals surface area contributed by atoms with Crippen LogP contribution in [-0.2, 0) is 4.74 Å². The minimum atomic E-state index is -0.797. The molecule has 2 aliphatic rings. The van der Waals surface area contributed by atoms with Gasteiger partial charge in [0.25, 0.3) is 0 Å². The molecule has 0 saturated carbocycles. The van der Waals surface area contributed by atoms with Gasteiger partial charge >= 0.3 is 6.09 Å². The first kappa shape index (κ1) is 28.0. The molecule has 1 aromatic rings. The van der Waals surface area contributed by atoms with E-state index in [2.05, 4.69) is 24.4 Å². The monoisotopic (exact) mass is 517 g/mol. The zero-order valence-electron chi connectivity index (χ0n) is 22.0. The van der Waals surface area contributed by atoms with Crippen molar-refractivity contribution in [1.29, 1.82) is 0 Å². The SMILES string of the molecule is CC(C)C1NN=C(/C=C\C(N)=C(\C=[NH2+])C(=NC2CCN(C(=O)OC(C)(C)C)C2)c2ccc(F)cc2F)[NH2+]1. The third-order valence-electron chi connectivity index (χ3n) is 5.89. The minimum Gasteiger partial charge on any atom is -0.444 e. The maximum atomic E-state index is 14.9. The maximum absolute atomic E-state index is 14.9. The van der Waals surface area contributed by atoms with Gasteiger partial charge in [-0.25, -0.2) is 13.6 Å². The first-order chi connectivity index (χ1) is 17.4. The first-order valence-corrected chi connectivity index (χ1v) is 12.3. The zero-order chi connectivity index (χ0) is 27.3. The molecule has 0 bridgehead atoms. The summed E-state index contributed by atoms with van der Waals surface area (Å²) in [4.78, 5) is 18.8. The van der Waals surface area contributed by atoms with Crippen molar-refractivity contribution < 1.29 is 29.0 Å². The number of rotatable bonds is 7. The van der Waals surface area contributed by atoms with Gasteiger partial charge in [-0.2, -0.15) is 0 Å². The molecule has 9 nitrogen and oxygen atoms in total. The number of amides is 1. The van der Waals surface area contributed by atoms with Crippen molar-refractivity contribution in [3.05, 3.63) is 58.8 Å². The second kappa shape index (κ2) is 11.6. The number of hydrogen-bond donors (Lipinski definition) is 4. The molecule has 0 spiro atoms. The number of nitrogens with two attached hydrogens (primary N) is 3. The Kier molecular flexibility index (Phi) is 8.80. The Hall–Kier alpha value is -3.60. The van der Waals surface area contributed by atoms with E-state index >= 15 is 0 Å². The van der Waals surface area contributed by atoms with Crippen LogP contribution in [0.25, 0.3) is 0 Å². The molecule has 2 atom stereocenters. The Labute approximate surface area is 216 Å². The summed E-state index contributed by atoms with van der Waals surface area (Å²) >= 11 is 0. The van der Waals surface area contributed by atoms with E-state index in [4.69, 9.17) is 20.9 Å². The summed E-state index contributed by atoms with van der Waals surface area (Å²) in [6, 6.07) is 2.88. The van der Waals surface area contributed by atoms with Gasteiger partial charge < -0.3 is 15.4 Å². The average molecular weight is 518 g/mol. The second-order valence-electron chi connectivity index (χ2n) is 10.4. The van der Waals surface area contributed by atoms with Gasteiger partial charge in [-0.05, 0) is 45.4 Å². The lowest BCUT2D eigenvalue weighted by atomic mass is 9.99. The molecule has 0 aliphatic carbocycles. The summed E-state index contributed by atoms with van der Waals surface area (Å²) in [6.45, 7) is 10.3. The number of carbonyl (C=O) groups excluding carboxylic acids is 1. The maximum Gasteiger partial charge on any atom is 0.410 e. The highest BCUT2D eigenvalue weighted by atomic mass is 19.1. The number of halogens is 2. The van der Waals surface area contributed by atoms with Crippen LogP contribution >= 0.6 is 0 Å². The van der Waals surface area contributed by atoms with Crippen molar-refractivity contribution >= 4 is 23.9 Å². The predicted molar refractivity (Wildman–Crippen MR) is 139 cm³/mol. The second-order valence-corrected chi connectivity index (χ2v) is 10.4. The van der Waals surface area contributed by atoms with Gasteiger partial charge in [-0.3, -0.25) is 21.1 Å². The molecule has 1 saturated heterocycles. The molecule has 1 aromatic carbocycles. The van der Waals surface area contributed by atoms with Crippen LogP contribution in [0.15, 0.2) is 51.7 Å². The van der Waals surface area contributed by atoms with E-state index in [9.17, 15) is 13.6 Å². The van der Waals surface area contributed by atoms with Gasteiger partial charge in [0.15, 0.2) is 12.4 Å². The van der Waals surface area contributed by atoms with Crippen LogP contribution in [0.1, 0.15) is 46.6 Å². The van der Waals surface area contributed by atoms with E-state index < -0.39 is 23.3 Å². The van der Waals surface area contributed by atoms with Gasteiger partial charge in [-0.15, -0.1) is 5.10 Å². The van der Waals surface area contributed by atoms with Crippen molar-refractivity contribution in [1.82, 2.24) is 10.3 Å². The van der Waals surface area contributed by atoms with Crippen LogP contribution in [0.3, 0.4) is 0 Å². The summed E-state index contributed by atoms with van der Waals surface area (Å²) in [6.07, 6.45) is 4.81. The molecular weight excluding hydrogens is 480 g/mol. The normalized spacial score (nSPS) is 21.2. The van der Waals surface area contributed by atoms with Crippen molar-refractivity contribution in [2.75, 3.05) is 13.1 Å². The quantitative estimate of drug-likeness (QED) is 0.315. The van der Waals surface area contributed by atoms with Crippen LogP contribution in [0.4, 0.5) is 13.6 Å². The van der Waals surface area contributed by atoms with Crippen LogP contribution in [0.2, 0.25) is 0 Å². The van der Waals surface area contributed by atoms with E-state index in [1.54, 1.807) is 37.8 Å². The van der Waals surface area contributed by atoms with Crippen LogP contribution < -0.4 is 21.9 Å². The number of aliphatic imine (C=N–C) groups is 1. The largest absolute Gasteiger partial charge is 0.444 e. The lowest BCUT2D eigenvalue weighted by Crippen LogP contribution is -2.93.